The third-order valence-corrected chi connectivity index (χ3v) is 3.00. The van der Waals surface area contributed by atoms with Crippen LogP contribution in [-0.2, 0) is 9.59 Å². The highest BCUT2D eigenvalue weighted by atomic mass is 16.4. The van der Waals surface area contributed by atoms with Crippen molar-refractivity contribution >= 4 is 11.9 Å². The molecule has 0 saturated carbocycles. The summed E-state index contributed by atoms with van der Waals surface area (Å²) in [5, 5.41) is 20.6. The molecule has 0 aliphatic heterocycles. The standard InChI is InChI=1S/C13H25NO4/c1-4-5-10(6-7-15)9-14-11(16)8-13(2,3)12(17)18/h10,15H,4-9H2,1-3H3,(H,14,16)(H,17,18). The van der Waals surface area contributed by atoms with E-state index in [1.807, 2.05) is 0 Å². The van der Waals surface area contributed by atoms with Crippen molar-refractivity contribution in [2.45, 2.75) is 46.5 Å². The SMILES string of the molecule is CCCC(CCO)CNC(=O)CC(C)(C)C(=O)O. The lowest BCUT2D eigenvalue weighted by Gasteiger charge is -2.20. The quantitative estimate of drug-likeness (QED) is 0.584. The average molecular weight is 259 g/mol. The predicted octanol–water partition coefficient (Wildman–Crippen LogP) is 1.40. The van der Waals surface area contributed by atoms with E-state index >= 15 is 0 Å². The molecule has 1 amide bonds. The molecular formula is C13H25NO4. The Morgan fingerprint density at radius 3 is 2.33 bits per heavy atom. The molecule has 5 heteroatoms. The Hall–Kier alpha value is -1.10. The second kappa shape index (κ2) is 8.08. The molecule has 0 aliphatic carbocycles. The van der Waals surface area contributed by atoms with Crippen LogP contribution >= 0.6 is 0 Å². The van der Waals surface area contributed by atoms with Gasteiger partial charge < -0.3 is 15.5 Å². The number of amides is 1. The topological polar surface area (TPSA) is 86.6 Å². The van der Waals surface area contributed by atoms with Crippen molar-refractivity contribution < 1.29 is 19.8 Å². The van der Waals surface area contributed by atoms with Gasteiger partial charge in [0.2, 0.25) is 5.91 Å². The smallest absolute Gasteiger partial charge is 0.309 e. The van der Waals surface area contributed by atoms with E-state index in [0.717, 1.165) is 12.8 Å². The van der Waals surface area contributed by atoms with Crippen LogP contribution in [0, 0.1) is 11.3 Å². The lowest BCUT2D eigenvalue weighted by molar-refractivity contribution is -0.149. The molecule has 0 aromatic rings. The second-order valence-corrected chi connectivity index (χ2v) is 5.34. The molecule has 0 rings (SSSR count). The minimum Gasteiger partial charge on any atom is -0.481 e. The number of hydrogen-bond acceptors (Lipinski definition) is 3. The minimum absolute atomic E-state index is 0.0275. The van der Waals surface area contributed by atoms with Crippen molar-refractivity contribution in [2.75, 3.05) is 13.2 Å². The molecule has 0 heterocycles. The molecule has 0 aromatic carbocycles. The summed E-state index contributed by atoms with van der Waals surface area (Å²) in [6.45, 7) is 5.74. The third-order valence-electron chi connectivity index (χ3n) is 3.00. The maximum absolute atomic E-state index is 11.6. The number of nitrogens with one attached hydrogen (secondary N) is 1. The molecule has 18 heavy (non-hydrogen) atoms. The summed E-state index contributed by atoms with van der Waals surface area (Å²) in [6, 6.07) is 0. The van der Waals surface area contributed by atoms with E-state index in [4.69, 9.17) is 10.2 Å². The fraction of sp³-hybridized carbons (Fsp3) is 0.846. The second-order valence-electron chi connectivity index (χ2n) is 5.34. The molecule has 106 valence electrons. The number of rotatable bonds is 9. The van der Waals surface area contributed by atoms with Crippen molar-refractivity contribution in [3.05, 3.63) is 0 Å². The van der Waals surface area contributed by atoms with Gasteiger partial charge in [-0.3, -0.25) is 9.59 Å². The largest absolute Gasteiger partial charge is 0.481 e. The molecule has 0 bridgehead atoms. The van der Waals surface area contributed by atoms with E-state index in [9.17, 15) is 9.59 Å². The van der Waals surface area contributed by atoms with Gasteiger partial charge in [-0.05, 0) is 32.6 Å². The monoisotopic (exact) mass is 259 g/mol. The van der Waals surface area contributed by atoms with Crippen LogP contribution in [0.15, 0.2) is 0 Å². The molecule has 0 radical (unpaired) electrons. The van der Waals surface area contributed by atoms with Gasteiger partial charge in [-0.2, -0.15) is 0 Å². The number of carboxylic acid groups (broad SMARTS) is 1. The summed E-state index contributed by atoms with van der Waals surface area (Å²) >= 11 is 0. The number of carboxylic acids is 1. The van der Waals surface area contributed by atoms with Gasteiger partial charge in [0.25, 0.3) is 0 Å². The van der Waals surface area contributed by atoms with Gasteiger partial charge in [-0.15, -0.1) is 0 Å². The maximum atomic E-state index is 11.6. The van der Waals surface area contributed by atoms with Gasteiger partial charge in [0.05, 0.1) is 5.41 Å². The molecule has 5 nitrogen and oxygen atoms in total. The van der Waals surface area contributed by atoms with E-state index < -0.39 is 11.4 Å². The highest BCUT2D eigenvalue weighted by Crippen LogP contribution is 2.20. The lowest BCUT2D eigenvalue weighted by atomic mass is 9.89. The molecule has 0 spiro atoms. The van der Waals surface area contributed by atoms with Crippen molar-refractivity contribution in [1.82, 2.24) is 5.32 Å². The van der Waals surface area contributed by atoms with E-state index in [2.05, 4.69) is 12.2 Å². The Balaban J connectivity index is 4.12. The molecule has 1 unspecified atom stereocenters. The first kappa shape index (κ1) is 16.9. The Morgan fingerprint density at radius 1 is 1.28 bits per heavy atom. The first-order valence-electron chi connectivity index (χ1n) is 6.44. The highest BCUT2D eigenvalue weighted by molar-refractivity contribution is 5.84. The van der Waals surface area contributed by atoms with Crippen LogP contribution in [0.3, 0.4) is 0 Å². The molecule has 0 fully saturated rings. The predicted molar refractivity (Wildman–Crippen MR) is 69.1 cm³/mol. The van der Waals surface area contributed by atoms with Crippen molar-refractivity contribution in [3.63, 3.8) is 0 Å². The van der Waals surface area contributed by atoms with Gasteiger partial charge in [-0.25, -0.2) is 0 Å². The normalized spacial score (nSPS) is 13.1. The summed E-state index contributed by atoms with van der Waals surface area (Å²) in [5.41, 5.74) is -1.04. The van der Waals surface area contributed by atoms with Gasteiger partial charge in [0, 0.05) is 19.6 Å². The van der Waals surface area contributed by atoms with Crippen LogP contribution in [0.4, 0.5) is 0 Å². The number of aliphatic carboxylic acids is 1. The van der Waals surface area contributed by atoms with Crippen LogP contribution < -0.4 is 5.32 Å². The molecule has 3 N–H and O–H groups in total. The third kappa shape index (κ3) is 6.59. The Kier molecular flexibility index (Phi) is 7.59. The molecule has 0 aliphatic rings. The minimum atomic E-state index is -1.04. The summed E-state index contributed by atoms with van der Waals surface area (Å²) in [5.74, 6) is -0.962. The first-order valence-corrected chi connectivity index (χ1v) is 6.44. The highest BCUT2D eigenvalue weighted by Gasteiger charge is 2.30. The molecular weight excluding hydrogens is 234 g/mol. The van der Waals surface area contributed by atoms with Crippen molar-refractivity contribution in [2.24, 2.45) is 11.3 Å². The van der Waals surface area contributed by atoms with Crippen molar-refractivity contribution in [1.29, 1.82) is 0 Å². The molecule has 0 saturated heterocycles. The number of hydrogen-bond donors (Lipinski definition) is 3. The zero-order valence-electron chi connectivity index (χ0n) is 11.5. The lowest BCUT2D eigenvalue weighted by Crippen LogP contribution is -2.35. The summed E-state index contributed by atoms with van der Waals surface area (Å²) in [4.78, 5) is 22.5. The Morgan fingerprint density at radius 2 is 1.89 bits per heavy atom. The van der Waals surface area contributed by atoms with Crippen LogP contribution in [0.1, 0.15) is 46.5 Å². The average Bonchev–Trinajstić information content (AvgIpc) is 2.25. The van der Waals surface area contributed by atoms with Gasteiger partial charge >= 0.3 is 5.97 Å². The summed E-state index contributed by atoms with van der Waals surface area (Å²) in [7, 11) is 0. The van der Waals surface area contributed by atoms with Crippen LogP contribution in [0.5, 0.6) is 0 Å². The van der Waals surface area contributed by atoms with E-state index in [-0.39, 0.29) is 24.9 Å². The van der Waals surface area contributed by atoms with Crippen LogP contribution in [0.25, 0.3) is 0 Å². The fourth-order valence-electron chi connectivity index (χ4n) is 1.74. The Bertz CT molecular complexity index is 270. The molecule has 0 aromatic heterocycles. The van der Waals surface area contributed by atoms with Crippen LogP contribution in [-0.4, -0.2) is 35.2 Å². The van der Waals surface area contributed by atoms with E-state index in [0.29, 0.717) is 13.0 Å². The molecule has 1 atom stereocenters. The van der Waals surface area contributed by atoms with E-state index in [1.165, 1.54) is 13.8 Å². The maximum Gasteiger partial charge on any atom is 0.309 e. The number of aliphatic hydroxyl groups excluding tert-OH is 1. The Labute approximate surface area is 109 Å². The summed E-state index contributed by atoms with van der Waals surface area (Å²) in [6.07, 6.45) is 2.58. The number of carbonyl (C=O) groups is 2. The summed E-state index contributed by atoms with van der Waals surface area (Å²) < 4.78 is 0. The van der Waals surface area contributed by atoms with Gasteiger partial charge in [0.1, 0.15) is 0 Å². The fourth-order valence-corrected chi connectivity index (χ4v) is 1.74. The first-order chi connectivity index (χ1) is 8.33. The zero-order valence-corrected chi connectivity index (χ0v) is 11.5. The number of carbonyl (C=O) groups excluding carboxylic acids is 1. The zero-order chi connectivity index (χ0) is 14.2. The van der Waals surface area contributed by atoms with Gasteiger partial charge in [-0.1, -0.05) is 13.3 Å². The number of aliphatic hydroxyl groups is 1. The van der Waals surface area contributed by atoms with Gasteiger partial charge in [0.15, 0.2) is 0 Å². The van der Waals surface area contributed by atoms with E-state index in [1.54, 1.807) is 0 Å². The van der Waals surface area contributed by atoms with Crippen LogP contribution in [0.2, 0.25) is 0 Å². The van der Waals surface area contributed by atoms with Crippen molar-refractivity contribution in [3.8, 4) is 0 Å².